The van der Waals surface area contributed by atoms with Crippen LogP contribution in [0.3, 0.4) is 0 Å². The molecule has 0 atom stereocenters. The molecule has 0 radical (unpaired) electrons. The Morgan fingerprint density at radius 1 is 0.900 bits per heavy atom. The van der Waals surface area contributed by atoms with E-state index in [0.29, 0.717) is 5.56 Å². The van der Waals surface area contributed by atoms with Crippen LogP contribution in [0.25, 0.3) is 11.1 Å². The van der Waals surface area contributed by atoms with Crippen LogP contribution in [-0.4, -0.2) is 25.0 Å². The maximum absolute atomic E-state index is 14.1. The summed E-state index contributed by atoms with van der Waals surface area (Å²) in [6, 6.07) is 24.2. The standard InChI is InChI=1S/C24H19FN2O3/c25-21-9-4-5-10-22(21)27(16-6-15-26)23(28)17-30-24(29)20-13-11-19(12-14-20)18-7-2-1-3-8-18/h1-5,7-14H,6,16-17H2. The molecule has 0 aliphatic carbocycles. The van der Waals surface area contributed by atoms with Crippen LogP contribution in [-0.2, 0) is 9.53 Å². The molecule has 0 heterocycles. The SMILES string of the molecule is N#CCCN(C(=O)COC(=O)c1ccc(-c2ccccc2)cc1)c1ccccc1F. The number of nitriles is 1. The number of carbonyl (C=O) groups is 2. The first-order valence-electron chi connectivity index (χ1n) is 9.34. The molecule has 6 heteroatoms. The lowest BCUT2D eigenvalue weighted by Gasteiger charge is -2.22. The Hall–Kier alpha value is -3.98. The predicted molar refractivity (Wildman–Crippen MR) is 111 cm³/mol. The van der Waals surface area contributed by atoms with Gasteiger partial charge in [-0.25, -0.2) is 9.18 Å². The van der Waals surface area contributed by atoms with Crippen molar-refractivity contribution in [2.45, 2.75) is 6.42 Å². The molecule has 0 saturated heterocycles. The van der Waals surface area contributed by atoms with Crippen LogP contribution in [0.15, 0.2) is 78.9 Å². The third-order valence-electron chi connectivity index (χ3n) is 4.45. The van der Waals surface area contributed by atoms with Gasteiger partial charge in [0.25, 0.3) is 5.91 Å². The van der Waals surface area contributed by atoms with E-state index in [4.69, 9.17) is 10.00 Å². The van der Waals surface area contributed by atoms with Gasteiger partial charge in [0.1, 0.15) is 5.82 Å². The second-order valence-corrected chi connectivity index (χ2v) is 6.42. The lowest BCUT2D eigenvalue weighted by Crippen LogP contribution is -2.36. The average Bonchev–Trinajstić information content (AvgIpc) is 2.79. The second-order valence-electron chi connectivity index (χ2n) is 6.42. The van der Waals surface area contributed by atoms with E-state index in [1.165, 1.54) is 18.2 Å². The van der Waals surface area contributed by atoms with E-state index in [-0.39, 0.29) is 18.7 Å². The quantitative estimate of drug-likeness (QED) is 0.542. The molecule has 0 N–H and O–H groups in total. The number of benzene rings is 3. The summed E-state index contributed by atoms with van der Waals surface area (Å²) >= 11 is 0. The van der Waals surface area contributed by atoms with E-state index in [1.807, 2.05) is 36.4 Å². The highest BCUT2D eigenvalue weighted by Crippen LogP contribution is 2.21. The maximum atomic E-state index is 14.1. The van der Waals surface area contributed by atoms with Gasteiger partial charge in [-0.2, -0.15) is 5.26 Å². The number of halogens is 1. The van der Waals surface area contributed by atoms with Crippen molar-refractivity contribution in [2.24, 2.45) is 0 Å². The topological polar surface area (TPSA) is 70.4 Å². The van der Waals surface area contributed by atoms with Crippen molar-refractivity contribution >= 4 is 17.6 Å². The number of rotatable bonds is 7. The number of hydrogen-bond donors (Lipinski definition) is 0. The monoisotopic (exact) mass is 402 g/mol. The molecule has 0 unspecified atom stereocenters. The highest BCUT2D eigenvalue weighted by Gasteiger charge is 2.20. The summed E-state index contributed by atoms with van der Waals surface area (Å²) in [7, 11) is 0. The van der Waals surface area contributed by atoms with Gasteiger partial charge in [-0.05, 0) is 35.4 Å². The molecule has 1 amide bonds. The van der Waals surface area contributed by atoms with Gasteiger partial charge in [-0.1, -0.05) is 54.6 Å². The minimum absolute atomic E-state index is 0.000407. The Labute approximate surface area is 173 Å². The number of amides is 1. The Balaban J connectivity index is 1.65. The van der Waals surface area contributed by atoms with Gasteiger partial charge < -0.3 is 9.64 Å². The van der Waals surface area contributed by atoms with E-state index in [1.54, 1.807) is 30.3 Å². The fraction of sp³-hybridized carbons (Fsp3) is 0.125. The predicted octanol–water partition coefficient (Wildman–Crippen LogP) is 4.60. The summed E-state index contributed by atoms with van der Waals surface area (Å²) in [6.07, 6.45) is 0.0228. The Morgan fingerprint density at radius 3 is 2.20 bits per heavy atom. The number of carbonyl (C=O) groups excluding carboxylic acids is 2. The highest BCUT2D eigenvalue weighted by molar-refractivity contribution is 5.97. The third kappa shape index (κ3) is 5.09. The molecule has 3 rings (SSSR count). The number of ether oxygens (including phenoxy) is 1. The molecule has 30 heavy (non-hydrogen) atoms. The van der Waals surface area contributed by atoms with E-state index >= 15 is 0 Å². The first-order chi connectivity index (χ1) is 14.6. The van der Waals surface area contributed by atoms with Gasteiger partial charge in [0, 0.05) is 6.54 Å². The Bertz CT molecular complexity index is 1060. The van der Waals surface area contributed by atoms with Gasteiger partial charge in [-0.3, -0.25) is 4.79 Å². The molecule has 3 aromatic carbocycles. The Morgan fingerprint density at radius 2 is 1.53 bits per heavy atom. The molecular formula is C24H19FN2O3. The minimum atomic E-state index is -0.656. The number of para-hydroxylation sites is 1. The smallest absolute Gasteiger partial charge is 0.338 e. The zero-order chi connectivity index (χ0) is 21.3. The zero-order valence-electron chi connectivity index (χ0n) is 16.1. The molecule has 150 valence electrons. The molecule has 0 aromatic heterocycles. The molecule has 3 aromatic rings. The van der Waals surface area contributed by atoms with Crippen molar-refractivity contribution < 1.29 is 18.7 Å². The van der Waals surface area contributed by atoms with Crippen molar-refractivity contribution in [3.05, 3.63) is 90.2 Å². The van der Waals surface area contributed by atoms with Crippen LogP contribution in [0, 0.1) is 17.1 Å². The number of esters is 1. The van der Waals surface area contributed by atoms with Crippen molar-refractivity contribution in [2.75, 3.05) is 18.1 Å². The lowest BCUT2D eigenvalue weighted by atomic mass is 10.0. The first kappa shape index (κ1) is 20.7. The average molecular weight is 402 g/mol. The van der Waals surface area contributed by atoms with Gasteiger partial charge >= 0.3 is 5.97 Å². The van der Waals surface area contributed by atoms with E-state index in [9.17, 15) is 14.0 Å². The summed E-state index contributed by atoms with van der Waals surface area (Å²) in [5, 5.41) is 8.82. The van der Waals surface area contributed by atoms with E-state index in [2.05, 4.69) is 0 Å². The van der Waals surface area contributed by atoms with Crippen molar-refractivity contribution in [1.29, 1.82) is 5.26 Å². The van der Waals surface area contributed by atoms with Gasteiger partial charge in [0.2, 0.25) is 0 Å². The summed E-state index contributed by atoms with van der Waals surface area (Å²) in [5.74, 6) is -1.85. The summed E-state index contributed by atoms with van der Waals surface area (Å²) < 4.78 is 19.2. The summed E-state index contributed by atoms with van der Waals surface area (Å²) in [4.78, 5) is 26.0. The number of nitrogens with zero attached hydrogens (tertiary/aromatic N) is 2. The molecule has 0 aliphatic rings. The van der Waals surface area contributed by atoms with Crippen LogP contribution in [0.1, 0.15) is 16.8 Å². The zero-order valence-corrected chi connectivity index (χ0v) is 16.1. The first-order valence-corrected chi connectivity index (χ1v) is 9.34. The largest absolute Gasteiger partial charge is 0.452 e. The van der Waals surface area contributed by atoms with Gasteiger partial charge in [0.05, 0.1) is 23.7 Å². The summed E-state index contributed by atoms with van der Waals surface area (Å²) in [5.41, 5.74) is 2.31. The van der Waals surface area contributed by atoms with Gasteiger partial charge in [0.15, 0.2) is 6.61 Å². The van der Waals surface area contributed by atoms with Crippen LogP contribution >= 0.6 is 0 Å². The molecular weight excluding hydrogens is 383 g/mol. The number of anilines is 1. The lowest BCUT2D eigenvalue weighted by molar-refractivity contribution is -0.121. The molecule has 0 saturated carbocycles. The van der Waals surface area contributed by atoms with Crippen LogP contribution in [0.5, 0.6) is 0 Å². The molecule has 0 spiro atoms. The van der Waals surface area contributed by atoms with E-state index < -0.39 is 24.3 Å². The van der Waals surface area contributed by atoms with E-state index in [0.717, 1.165) is 16.0 Å². The highest BCUT2D eigenvalue weighted by atomic mass is 19.1. The van der Waals surface area contributed by atoms with Crippen molar-refractivity contribution in [1.82, 2.24) is 0 Å². The molecule has 0 bridgehead atoms. The molecule has 0 fully saturated rings. The third-order valence-corrected chi connectivity index (χ3v) is 4.45. The normalized spacial score (nSPS) is 10.1. The van der Waals surface area contributed by atoms with Crippen molar-refractivity contribution in [3.63, 3.8) is 0 Å². The fourth-order valence-electron chi connectivity index (χ4n) is 2.93. The molecule has 5 nitrogen and oxygen atoms in total. The molecule has 0 aliphatic heterocycles. The Kier molecular flexibility index (Phi) is 6.91. The van der Waals surface area contributed by atoms with Gasteiger partial charge in [-0.15, -0.1) is 0 Å². The van der Waals surface area contributed by atoms with Crippen LogP contribution in [0.4, 0.5) is 10.1 Å². The fourth-order valence-corrected chi connectivity index (χ4v) is 2.93. The minimum Gasteiger partial charge on any atom is -0.452 e. The van der Waals surface area contributed by atoms with Crippen LogP contribution in [0.2, 0.25) is 0 Å². The maximum Gasteiger partial charge on any atom is 0.338 e. The number of hydrogen-bond acceptors (Lipinski definition) is 4. The summed E-state index contributed by atoms with van der Waals surface area (Å²) in [6.45, 7) is -0.557. The van der Waals surface area contributed by atoms with Crippen LogP contribution < -0.4 is 4.90 Å². The van der Waals surface area contributed by atoms with Crippen molar-refractivity contribution in [3.8, 4) is 17.2 Å². The second kappa shape index (κ2) is 9.99.